The van der Waals surface area contributed by atoms with Gasteiger partial charge in [-0.1, -0.05) is 44.2 Å². The predicted molar refractivity (Wildman–Crippen MR) is 65.7 cm³/mol. The normalized spacial score (nSPS) is 14.6. The van der Waals surface area contributed by atoms with Crippen molar-refractivity contribution < 1.29 is 15.0 Å². The number of nitrogens with zero attached hydrogens (tertiary/aromatic N) is 1. The summed E-state index contributed by atoms with van der Waals surface area (Å²) in [5, 5.41) is 19.4. The lowest BCUT2D eigenvalue weighted by molar-refractivity contribution is -0.148. The average Bonchev–Trinajstić information content (AvgIpc) is 2.35. The molecule has 17 heavy (non-hydrogen) atoms. The fourth-order valence-corrected chi connectivity index (χ4v) is 1.94. The third-order valence-corrected chi connectivity index (χ3v) is 2.90. The summed E-state index contributed by atoms with van der Waals surface area (Å²) in [5.74, 6) is -0.995. The molecule has 0 aliphatic rings. The Morgan fingerprint density at radius 2 is 1.76 bits per heavy atom. The zero-order valence-corrected chi connectivity index (χ0v) is 10.2. The summed E-state index contributed by atoms with van der Waals surface area (Å²) in [5.41, 5.74) is 0.631. The second kappa shape index (κ2) is 6.37. The van der Waals surface area contributed by atoms with Crippen LogP contribution in [-0.4, -0.2) is 40.2 Å². The van der Waals surface area contributed by atoms with Crippen LogP contribution in [0, 0.1) is 0 Å². The van der Waals surface area contributed by atoms with E-state index in [0.717, 1.165) is 0 Å². The highest BCUT2D eigenvalue weighted by molar-refractivity contribution is 5.74. The van der Waals surface area contributed by atoms with Gasteiger partial charge >= 0.3 is 5.97 Å². The highest BCUT2D eigenvalue weighted by atomic mass is 16.4. The molecule has 4 heteroatoms. The Kier molecular flexibility index (Phi) is 5.12. The average molecular weight is 237 g/mol. The largest absolute Gasteiger partial charge is 0.480 e. The Labute approximate surface area is 101 Å². The predicted octanol–water partition coefficient (Wildman–Crippen LogP) is 1.51. The third-order valence-electron chi connectivity index (χ3n) is 2.90. The molecule has 0 fully saturated rings. The van der Waals surface area contributed by atoms with Crippen molar-refractivity contribution >= 4 is 5.97 Å². The summed E-state index contributed by atoms with van der Waals surface area (Å²) < 4.78 is 0. The van der Waals surface area contributed by atoms with Crippen molar-refractivity contribution in [2.45, 2.75) is 26.0 Å². The second-order valence-corrected chi connectivity index (χ2v) is 3.86. The Morgan fingerprint density at radius 1 is 1.24 bits per heavy atom. The molecular formula is C13H19NO3. The van der Waals surface area contributed by atoms with Gasteiger partial charge < -0.3 is 10.2 Å². The highest BCUT2D eigenvalue weighted by Crippen LogP contribution is 2.21. The quantitative estimate of drug-likeness (QED) is 0.787. The minimum absolute atomic E-state index is 0.595. The maximum absolute atomic E-state index is 11.3. The van der Waals surface area contributed by atoms with E-state index in [4.69, 9.17) is 0 Å². The van der Waals surface area contributed by atoms with Crippen LogP contribution in [0.25, 0.3) is 0 Å². The number of aliphatic hydroxyl groups is 1. The van der Waals surface area contributed by atoms with E-state index in [-0.39, 0.29) is 0 Å². The van der Waals surface area contributed by atoms with E-state index in [0.29, 0.717) is 18.7 Å². The van der Waals surface area contributed by atoms with Gasteiger partial charge in [0.25, 0.3) is 0 Å². The number of carboxylic acids is 1. The van der Waals surface area contributed by atoms with Crippen LogP contribution in [0.1, 0.15) is 25.5 Å². The molecule has 0 saturated carbocycles. The topological polar surface area (TPSA) is 60.8 Å². The van der Waals surface area contributed by atoms with Crippen LogP contribution in [-0.2, 0) is 4.79 Å². The van der Waals surface area contributed by atoms with Gasteiger partial charge in [-0.3, -0.25) is 9.69 Å². The van der Waals surface area contributed by atoms with Crippen LogP contribution in [0.2, 0.25) is 0 Å². The Hall–Kier alpha value is -1.39. The van der Waals surface area contributed by atoms with Crippen LogP contribution < -0.4 is 0 Å². The first-order valence-corrected chi connectivity index (χ1v) is 5.81. The first-order valence-electron chi connectivity index (χ1n) is 5.81. The zero-order chi connectivity index (χ0) is 12.8. The van der Waals surface area contributed by atoms with E-state index in [1.165, 1.54) is 0 Å². The molecule has 1 aromatic carbocycles. The summed E-state index contributed by atoms with van der Waals surface area (Å²) >= 11 is 0. The minimum Gasteiger partial charge on any atom is -0.480 e. The lowest BCUT2D eigenvalue weighted by Crippen LogP contribution is -2.45. The molecule has 0 amide bonds. The number of aliphatic hydroxyl groups excluding tert-OH is 1. The number of carboxylic acid groups (broad SMARTS) is 1. The lowest BCUT2D eigenvalue weighted by atomic mass is 10.0. The molecule has 0 bridgehead atoms. The monoisotopic (exact) mass is 237 g/mol. The first-order chi connectivity index (χ1) is 8.11. The van der Waals surface area contributed by atoms with Gasteiger partial charge in [-0.2, -0.15) is 0 Å². The van der Waals surface area contributed by atoms with Gasteiger partial charge in [-0.25, -0.2) is 0 Å². The van der Waals surface area contributed by atoms with E-state index >= 15 is 0 Å². The maximum Gasteiger partial charge on any atom is 0.323 e. The number of carbonyl (C=O) groups is 1. The molecule has 0 aliphatic heterocycles. The number of likely N-dealkylation sites (N-methyl/N-ethyl adjacent to an activating group) is 1. The molecule has 2 atom stereocenters. The fraction of sp³-hybridized carbons (Fsp3) is 0.462. The number of hydrogen-bond acceptors (Lipinski definition) is 3. The van der Waals surface area contributed by atoms with Crippen LogP contribution >= 0.6 is 0 Å². The molecule has 0 aromatic heterocycles. The standard InChI is InChI=1S/C13H19NO3/c1-3-14(4-2)11(13(16)17)12(15)10-8-6-5-7-9-10/h5-9,11-12,15H,3-4H2,1-2H3,(H,16,17). The van der Waals surface area contributed by atoms with Crippen molar-refractivity contribution in [1.29, 1.82) is 0 Å². The third kappa shape index (κ3) is 3.28. The summed E-state index contributed by atoms with van der Waals surface area (Å²) in [6.45, 7) is 4.96. The van der Waals surface area contributed by atoms with Gasteiger partial charge in [0.15, 0.2) is 0 Å². The Bertz CT molecular complexity index is 349. The molecule has 4 nitrogen and oxygen atoms in total. The summed E-state index contributed by atoms with van der Waals surface area (Å²) in [6, 6.07) is 8.00. The molecule has 0 heterocycles. The number of hydrogen-bond donors (Lipinski definition) is 2. The second-order valence-electron chi connectivity index (χ2n) is 3.86. The zero-order valence-electron chi connectivity index (χ0n) is 10.2. The van der Waals surface area contributed by atoms with Crippen molar-refractivity contribution in [3.8, 4) is 0 Å². The van der Waals surface area contributed by atoms with Crippen molar-refractivity contribution in [3.63, 3.8) is 0 Å². The summed E-state index contributed by atoms with van der Waals surface area (Å²) in [6.07, 6.45) is -1.01. The first kappa shape index (κ1) is 13.7. The molecule has 2 unspecified atom stereocenters. The molecule has 1 aromatic rings. The van der Waals surface area contributed by atoms with Gasteiger partial charge in [-0.05, 0) is 18.7 Å². The minimum atomic E-state index is -1.01. The van der Waals surface area contributed by atoms with Crippen LogP contribution in [0.5, 0.6) is 0 Å². The van der Waals surface area contributed by atoms with Gasteiger partial charge in [-0.15, -0.1) is 0 Å². The van der Waals surface area contributed by atoms with E-state index in [1.54, 1.807) is 29.2 Å². The molecule has 0 radical (unpaired) electrons. The number of rotatable bonds is 6. The van der Waals surface area contributed by atoms with Crippen molar-refractivity contribution in [2.75, 3.05) is 13.1 Å². The van der Waals surface area contributed by atoms with Crippen LogP contribution in [0.3, 0.4) is 0 Å². The fourth-order valence-electron chi connectivity index (χ4n) is 1.94. The molecule has 0 aliphatic carbocycles. The smallest absolute Gasteiger partial charge is 0.323 e. The maximum atomic E-state index is 11.3. The SMILES string of the molecule is CCN(CC)C(C(=O)O)C(O)c1ccccc1. The van der Waals surface area contributed by atoms with Gasteiger partial charge in [0.1, 0.15) is 12.1 Å². The summed E-state index contributed by atoms with van der Waals surface area (Å²) in [4.78, 5) is 13.0. The van der Waals surface area contributed by atoms with Crippen molar-refractivity contribution in [2.24, 2.45) is 0 Å². The van der Waals surface area contributed by atoms with Gasteiger partial charge in [0.2, 0.25) is 0 Å². The van der Waals surface area contributed by atoms with Crippen LogP contribution in [0.15, 0.2) is 30.3 Å². The summed E-state index contributed by atoms with van der Waals surface area (Å²) in [7, 11) is 0. The molecule has 0 saturated heterocycles. The Balaban J connectivity index is 2.95. The molecule has 2 N–H and O–H groups in total. The molecule has 0 spiro atoms. The number of aliphatic carboxylic acids is 1. The molecule has 94 valence electrons. The number of benzene rings is 1. The van der Waals surface area contributed by atoms with E-state index in [2.05, 4.69) is 0 Å². The van der Waals surface area contributed by atoms with Crippen LogP contribution in [0.4, 0.5) is 0 Å². The molecule has 1 rings (SSSR count). The van der Waals surface area contributed by atoms with Crippen molar-refractivity contribution in [1.82, 2.24) is 4.90 Å². The highest BCUT2D eigenvalue weighted by Gasteiger charge is 2.31. The lowest BCUT2D eigenvalue weighted by Gasteiger charge is -2.30. The van der Waals surface area contributed by atoms with E-state index in [9.17, 15) is 15.0 Å². The molecular weight excluding hydrogens is 218 g/mol. The van der Waals surface area contributed by atoms with Gasteiger partial charge in [0.05, 0.1) is 0 Å². The Morgan fingerprint density at radius 3 is 2.18 bits per heavy atom. The van der Waals surface area contributed by atoms with Gasteiger partial charge in [0, 0.05) is 0 Å². The van der Waals surface area contributed by atoms with Crippen molar-refractivity contribution in [3.05, 3.63) is 35.9 Å². The van der Waals surface area contributed by atoms with E-state index in [1.807, 2.05) is 19.9 Å². The van der Waals surface area contributed by atoms with E-state index < -0.39 is 18.1 Å².